The number of nitrogens with one attached hydrogen (secondary N) is 2. The lowest BCUT2D eigenvalue weighted by molar-refractivity contribution is -0.118. The lowest BCUT2D eigenvalue weighted by Gasteiger charge is -2.11. The van der Waals surface area contributed by atoms with Crippen LogP contribution in [0, 0.1) is 25.2 Å². The average molecular weight is 456 g/mol. The number of hydrogen-bond acceptors (Lipinski definition) is 5. The molecule has 0 unspecified atom stereocenters. The fourth-order valence-electron chi connectivity index (χ4n) is 3.24. The summed E-state index contributed by atoms with van der Waals surface area (Å²) in [4.78, 5) is 24.9. The molecule has 3 rings (SSSR count). The van der Waals surface area contributed by atoms with Crippen molar-refractivity contribution in [2.24, 2.45) is 0 Å². The van der Waals surface area contributed by atoms with Crippen molar-refractivity contribution in [1.29, 1.82) is 5.26 Å². The highest BCUT2D eigenvalue weighted by Crippen LogP contribution is 2.23. The lowest BCUT2D eigenvalue weighted by Crippen LogP contribution is -2.20. The highest BCUT2D eigenvalue weighted by atomic mass is 16.5. The van der Waals surface area contributed by atoms with E-state index in [-0.39, 0.29) is 18.1 Å². The maximum absolute atomic E-state index is 12.6. The number of carbonyl (C=O) groups excluding carboxylic acids is 2. The van der Waals surface area contributed by atoms with Gasteiger partial charge in [-0.2, -0.15) is 5.26 Å². The second-order valence-electron chi connectivity index (χ2n) is 7.55. The van der Waals surface area contributed by atoms with Gasteiger partial charge in [-0.3, -0.25) is 9.59 Å². The van der Waals surface area contributed by atoms with E-state index in [4.69, 9.17) is 9.47 Å². The molecular weight excluding hydrogens is 430 g/mol. The molecule has 0 aliphatic rings. The third kappa shape index (κ3) is 6.47. The molecule has 0 saturated heterocycles. The van der Waals surface area contributed by atoms with E-state index in [1.54, 1.807) is 42.5 Å². The van der Waals surface area contributed by atoms with Crippen LogP contribution in [0.5, 0.6) is 11.5 Å². The molecule has 0 fully saturated rings. The summed E-state index contributed by atoms with van der Waals surface area (Å²) in [5.41, 5.74) is 3.73. The zero-order valence-electron chi connectivity index (χ0n) is 19.2. The first-order chi connectivity index (χ1) is 16.4. The molecule has 0 radical (unpaired) electrons. The molecule has 2 N–H and O–H groups in total. The smallest absolute Gasteiger partial charge is 0.266 e. The Morgan fingerprint density at radius 1 is 0.971 bits per heavy atom. The SMILES string of the molecule is COc1ccccc1NC(=O)COc1cccc(/C=C(\C#N)C(=O)Nc2ccc(C)cc2C)c1. The number of rotatable bonds is 8. The summed E-state index contributed by atoms with van der Waals surface area (Å²) < 4.78 is 10.8. The van der Waals surface area contributed by atoms with Gasteiger partial charge in [0, 0.05) is 5.69 Å². The van der Waals surface area contributed by atoms with Crippen LogP contribution >= 0.6 is 0 Å². The Labute approximate surface area is 198 Å². The number of methoxy groups -OCH3 is 1. The molecule has 0 aliphatic carbocycles. The highest BCUT2D eigenvalue weighted by Gasteiger charge is 2.12. The molecule has 3 aromatic rings. The van der Waals surface area contributed by atoms with Crippen LogP contribution < -0.4 is 20.1 Å². The third-order valence-corrected chi connectivity index (χ3v) is 4.92. The Bertz CT molecular complexity index is 1270. The van der Waals surface area contributed by atoms with Gasteiger partial charge in [-0.05, 0) is 61.4 Å². The van der Waals surface area contributed by atoms with Gasteiger partial charge in [0.25, 0.3) is 11.8 Å². The molecule has 0 atom stereocenters. The van der Waals surface area contributed by atoms with E-state index in [0.29, 0.717) is 28.4 Å². The Morgan fingerprint density at radius 3 is 2.50 bits per heavy atom. The molecule has 172 valence electrons. The van der Waals surface area contributed by atoms with Gasteiger partial charge >= 0.3 is 0 Å². The molecule has 0 spiro atoms. The van der Waals surface area contributed by atoms with Gasteiger partial charge in [-0.15, -0.1) is 0 Å². The molecule has 0 aliphatic heterocycles. The summed E-state index contributed by atoms with van der Waals surface area (Å²) in [5.74, 6) is 0.120. The zero-order valence-corrected chi connectivity index (χ0v) is 19.2. The van der Waals surface area contributed by atoms with Crippen molar-refractivity contribution in [2.45, 2.75) is 13.8 Å². The third-order valence-electron chi connectivity index (χ3n) is 4.92. The number of benzene rings is 3. The lowest BCUT2D eigenvalue weighted by atomic mass is 10.1. The van der Waals surface area contributed by atoms with Crippen LogP contribution in [0.25, 0.3) is 6.08 Å². The highest BCUT2D eigenvalue weighted by molar-refractivity contribution is 6.10. The number of hydrogen-bond donors (Lipinski definition) is 2. The summed E-state index contributed by atoms with van der Waals surface area (Å²) >= 11 is 0. The topological polar surface area (TPSA) is 100 Å². The van der Waals surface area contributed by atoms with Crippen LogP contribution in [0.3, 0.4) is 0 Å². The van der Waals surface area contributed by atoms with Gasteiger partial charge < -0.3 is 20.1 Å². The van der Waals surface area contributed by atoms with Crippen molar-refractivity contribution in [3.63, 3.8) is 0 Å². The standard InChI is InChI=1S/C27H25N3O4/c1-18-11-12-23(19(2)13-18)30-27(32)21(16-28)14-20-7-6-8-22(15-20)34-17-26(31)29-24-9-4-5-10-25(24)33-3/h4-15H,17H2,1-3H3,(H,29,31)(H,30,32)/b21-14+. The first-order valence-corrected chi connectivity index (χ1v) is 10.6. The number of ether oxygens (including phenoxy) is 2. The molecule has 34 heavy (non-hydrogen) atoms. The molecule has 3 aromatic carbocycles. The molecule has 2 amide bonds. The fourth-order valence-corrected chi connectivity index (χ4v) is 3.24. The van der Waals surface area contributed by atoms with Gasteiger partial charge in [-0.25, -0.2) is 0 Å². The molecule has 7 nitrogen and oxygen atoms in total. The minimum Gasteiger partial charge on any atom is -0.495 e. The van der Waals surface area contributed by atoms with E-state index < -0.39 is 5.91 Å². The molecule has 7 heteroatoms. The van der Waals surface area contributed by atoms with Crippen molar-refractivity contribution in [3.05, 3.63) is 89.0 Å². The maximum atomic E-state index is 12.6. The van der Waals surface area contributed by atoms with Gasteiger partial charge in [0.05, 0.1) is 12.8 Å². The van der Waals surface area contributed by atoms with E-state index >= 15 is 0 Å². The van der Waals surface area contributed by atoms with Crippen LogP contribution in [-0.4, -0.2) is 25.5 Å². The first kappa shape index (κ1) is 24.1. The van der Waals surface area contributed by atoms with Gasteiger partial charge in [0.15, 0.2) is 6.61 Å². The largest absolute Gasteiger partial charge is 0.495 e. The van der Waals surface area contributed by atoms with Crippen LogP contribution in [0.15, 0.2) is 72.3 Å². The minimum atomic E-state index is -0.503. The molecule has 0 bridgehead atoms. The molecule has 0 aromatic heterocycles. The Morgan fingerprint density at radius 2 is 1.76 bits per heavy atom. The Kier molecular flexibility index (Phi) is 8.03. The summed E-state index contributed by atoms with van der Waals surface area (Å²) in [6, 6.07) is 21.5. The maximum Gasteiger partial charge on any atom is 0.266 e. The molecule has 0 heterocycles. The number of carbonyl (C=O) groups is 2. The number of para-hydroxylation sites is 2. The summed E-state index contributed by atoms with van der Waals surface area (Å²) in [6.07, 6.45) is 1.47. The average Bonchev–Trinajstić information content (AvgIpc) is 2.83. The molecule has 0 saturated carbocycles. The number of nitriles is 1. The van der Waals surface area contributed by atoms with Crippen LogP contribution in [-0.2, 0) is 9.59 Å². The summed E-state index contributed by atoms with van der Waals surface area (Å²) in [5, 5.41) is 15.0. The fraction of sp³-hybridized carbons (Fsp3) is 0.148. The van der Waals surface area contributed by atoms with Crippen molar-refractivity contribution >= 4 is 29.3 Å². The number of anilines is 2. The predicted molar refractivity (Wildman–Crippen MR) is 132 cm³/mol. The monoisotopic (exact) mass is 455 g/mol. The van der Waals surface area contributed by atoms with E-state index in [0.717, 1.165) is 11.1 Å². The van der Waals surface area contributed by atoms with Crippen molar-refractivity contribution < 1.29 is 19.1 Å². The first-order valence-electron chi connectivity index (χ1n) is 10.6. The summed E-state index contributed by atoms with van der Waals surface area (Å²) in [6.45, 7) is 3.64. The Hall–Kier alpha value is -4.57. The quantitative estimate of drug-likeness (QED) is 0.373. The predicted octanol–water partition coefficient (Wildman–Crippen LogP) is 4.88. The normalized spacial score (nSPS) is 10.7. The second-order valence-corrected chi connectivity index (χ2v) is 7.55. The minimum absolute atomic E-state index is 0.0500. The van der Waals surface area contributed by atoms with Gasteiger partial charge in [0.1, 0.15) is 23.1 Å². The van der Waals surface area contributed by atoms with Crippen molar-refractivity contribution in [3.8, 4) is 17.6 Å². The number of amides is 2. The zero-order chi connectivity index (χ0) is 24.5. The molecular formula is C27H25N3O4. The van der Waals surface area contributed by atoms with Gasteiger partial charge in [0.2, 0.25) is 0 Å². The summed E-state index contributed by atoms with van der Waals surface area (Å²) in [7, 11) is 1.53. The number of nitrogens with zero attached hydrogens (tertiary/aromatic N) is 1. The van der Waals surface area contributed by atoms with Crippen LogP contribution in [0.2, 0.25) is 0 Å². The number of aryl methyl sites for hydroxylation is 2. The second kappa shape index (κ2) is 11.3. The van der Waals surface area contributed by atoms with Crippen LogP contribution in [0.1, 0.15) is 16.7 Å². The Balaban J connectivity index is 1.65. The van der Waals surface area contributed by atoms with Crippen molar-refractivity contribution in [1.82, 2.24) is 0 Å². The van der Waals surface area contributed by atoms with Crippen LogP contribution in [0.4, 0.5) is 11.4 Å². The van der Waals surface area contributed by atoms with E-state index in [1.165, 1.54) is 13.2 Å². The van der Waals surface area contributed by atoms with E-state index in [9.17, 15) is 14.9 Å². The van der Waals surface area contributed by atoms with Crippen molar-refractivity contribution in [2.75, 3.05) is 24.4 Å². The van der Waals surface area contributed by atoms with E-state index in [1.807, 2.05) is 44.2 Å². The van der Waals surface area contributed by atoms with Gasteiger partial charge in [-0.1, -0.05) is 42.0 Å². The van der Waals surface area contributed by atoms with E-state index in [2.05, 4.69) is 10.6 Å².